The van der Waals surface area contributed by atoms with E-state index >= 15 is 0 Å². The third-order valence-electron chi connectivity index (χ3n) is 2.54. The number of methoxy groups -OCH3 is 1. The summed E-state index contributed by atoms with van der Waals surface area (Å²) < 4.78 is 10.1. The second kappa shape index (κ2) is 11.4. The van der Waals surface area contributed by atoms with Crippen molar-refractivity contribution in [3.05, 3.63) is 48.5 Å². The lowest BCUT2D eigenvalue weighted by Crippen LogP contribution is -2.00. The van der Waals surface area contributed by atoms with E-state index in [2.05, 4.69) is 0 Å². The van der Waals surface area contributed by atoms with Gasteiger partial charge in [0.05, 0.1) is 7.11 Å². The van der Waals surface area contributed by atoms with Crippen molar-refractivity contribution in [3.8, 4) is 22.6 Å². The van der Waals surface area contributed by atoms with Crippen LogP contribution in [0, 0.1) is 0 Å². The van der Waals surface area contributed by atoms with E-state index < -0.39 is 0 Å². The zero-order valence-electron chi connectivity index (χ0n) is 14.3. The summed E-state index contributed by atoms with van der Waals surface area (Å²) in [5.74, 6) is 1.07. The molecule has 0 aliphatic carbocycles. The van der Waals surface area contributed by atoms with E-state index in [9.17, 15) is 4.79 Å². The Kier molecular flexibility index (Phi) is 10.2. The van der Waals surface area contributed by atoms with E-state index in [1.54, 1.807) is 19.2 Å². The van der Waals surface area contributed by atoms with Gasteiger partial charge in [-0.15, -0.1) is 0 Å². The topological polar surface area (TPSA) is 35.5 Å². The lowest BCUT2D eigenvalue weighted by molar-refractivity contribution is -0.131. The van der Waals surface area contributed by atoms with E-state index in [4.69, 9.17) is 9.47 Å². The monoisotopic (exact) mass is 302 g/mol. The minimum atomic E-state index is -0.313. The van der Waals surface area contributed by atoms with Gasteiger partial charge in [-0.05, 0) is 35.4 Å². The minimum Gasteiger partial charge on any atom is -0.497 e. The molecule has 0 aliphatic rings. The molecule has 0 heterocycles. The summed E-state index contributed by atoms with van der Waals surface area (Å²) >= 11 is 0. The van der Waals surface area contributed by atoms with Gasteiger partial charge in [0.15, 0.2) is 0 Å². The van der Waals surface area contributed by atoms with Crippen LogP contribution in [0.15, 0.2) is 48.5 Å². The van der Waals surface area contributed by atoms with Crippen LogP contribution in [-0.2, 0) is 4.79 Å². The maximum Gasteiger partial charge on any atom is 0.308 e. The highest BCUT2D eigenvalue weighted by Gasteiger charge is 2.01. The Balaban J connectivity index is 0.00000102. The first-order valence-corrected chi connectivity index (χ1v) is 7.62. The highest BCUT2D eigenvalue weighted by atomic mass is 16.5. The molecule has 0 aromatic heterocycles. The lowest BCUT2D eigenvalue weighted by Gasteiger charge is -2.05. The van der Waals surface area contributed by atoms with Gasteiger partial charge >= 0.3 is 5.97 Å². The largest absolute Gasteiger partial charge is 0.497 e. The first-order valence-electron chi connectivity index (χ1n) is 7.62. The Bertz CT molecular complexity index is 528. The number of rotatable bonds is 3. The van der Waals surface area contributed by atoms with Gasteiger partial charge in [0.2, 0.25) is 0 Å². The van der Waals surface area contributed by atoms with Crippen LogP contribution in [0.5, 0.6) is 11.5 Å². The van der Waals surface area contributed by atoms with Crippen molar-refractivity contribution >= 4 is 5.97 Å². The van der Waals surface area contributed by atoms with Crippen LogP contribution in [0.3, 0.4) is 0 Å². The Morgan fingerprint density at radius 1 is 0.727 bits per heavy atom. The molecular weight excluding hydrogens is 276 g/mol. The molecule has 3 heteroatoms. The fourth-order valence-electron chi connectivity index (χ4n) is 1.66. The van der Waals surface area contributed by atoms with E-state index in [1.165, 1.54) is 6.92 Å². The number of hydrogen-bond acceptors (Lipinski definition) is 3. The normalized spacial score (nSPS) is 8.64. The Labute approximate surface area is 133 Å². The van der Waals surface area contributed by atoms with Crippen molar-refractivity contribution in [2.45, 2.75) is 34.6 Å². The summed E-state index contributed by atoms with van der Waals surface area (Å²) in [5, 5.41) is 0. The van der Waals surface area contributed by atoms with Crippen molar-refractivity contribution in [3.63, 3.8) is 0 Å². The average Bonchev–Trinajstić information content (AvgIpc) is 2.59. The zero-order chi connectivity index (χ0) is 17.0. The molecule has 0 radical (unpaired) electrons. The van der Waals surface area contributed by atoms with Crippen LogP contribution >= 0.6 is 0 Å². The predicted octanol–water partition coefficient (Wildman–Crippen LogP) is 5.34. The molecule has 0 amide bonds. The van der Waals surface area contributed by atoms with Crippen LogP contribution in [0.2, 0.25) is 0 Å². The third kappa shape index (κ3) is 6.44. The molecule has 0 N–H and O–H groups in total. The molecule has 0 bridgehead atoms. The van der Waals surface area contributed by atoms with E-state index in [0.717, 1.165) is 16.9 Å². The smallest absolute Gasteiger partial charge is 0.308 e. The van der Waals surface area contributed by atoms with Crippen LogP contribution in [0.4, 0.5) is 0 Å². The molecule has 0 aliphatic heterocycles. The van der Waals surface area contributed by atoms with E-state index in [1.807, 2.05) is 64.1 Å². The number of ether oxygens (including phenoxy) is 2. The van der Waals surface area contributed by atoms with Crippen molar-refractivity contribution in [2.75, 3.05) is 7.11 Å². The Morgan fingerprint density at radius 2 is 1.09 bits per heavy atom. The number of carbonyl (C=O) groups excluding carboxylic acids is 1. The molecule has 2 aromatic carbocycles. The number of esters is 1. The van der Waals surface area contributed by atoms with Crippen LogP contribution < -0.4 is 9.47 Å². The number of hydrogen-bond donors (Lipinski definition) is 0. The molecule has 3 nitrogen and oxygen atoms in total. The van der Waals surface area contributed by atoms with Gasteiger partial charge in [-0.2, -0.15) is 0 Å². The first-order chi connectivity index (χ1) is 10.7. The molecule has 0 unspecified atom stereocenters. The first kappa shape index (κ1) is 19.7. The van der Waals surface area contributed by atoms with Gasteiger partial charge in [0.1, 0.15) is 11.5 Å². The Morgan fingerprint density at radius 3 is 1.41 bits per heavy atom. The highest BCUT2D eigenvalue weighted by Crippen LogP contribution is 2.24. The maximum absolute atomic E-state index is 10.8. The molecule has 0 spiro atoms. The standard InChI is InChI=1S/C15H14O3.2C2H6/c1-11(16)18-15-9-5-13(6-10-15)12-3-7-14(17-2)8-4-12;2*1-2/h3-10H,1-2H3;2*1-2H3. The van der Waals surface area contributed by atoms with Gasteiger partial charge in [-0.1, -0.05) is 52.0 Å². The molecule has 2 rings (SSSR count). The average molecular weight is 302 g/mol. The molecule has 0 saturated carbocycles. The van der Waals surface area contributed by atoms with E-state index in [0.29, 0.717) is 5.75 Å². The summed E-state index contributed by atoms with van der Waals surface area (Å²) in [6.07, 6.45) is 0. The fourth-order valence-corrected chi connectivity index (χ4v) is 1.66. The quantitative estimate of drug-likeness (QED) is 0.567. The van der Waals surface area contributed by atoms with Crippen LogP contribution in [0.1, 0.15) is 34.6 Å². The van der Waals surface area contributed by atoms with Crippen molar-refractivity contribution in [2.24, 2.45) is 0 Å². The highest BCUT2D eigenvalue weighted by molar-refractivity contribution is 5.70. The fraction of sp³-hybridized carbons (Fsp3) is 0.316. The molecule has 0 atom stereocenters. The molecule has 2 aromatic rings. The van der Waals surface area contributed by atoms with E-state index in [-0.39, 0.29) is 5.97 Å². The van der Waals surface area contributed by atoms with Gasteiger partial charge in [-0.25, -0.2) is 0 Å². The van der Waals surface area contributed by atoms with Crippen LogP contribution in [0.25, 0.3) is 11.1 Å². The summed E-state index contributed by atoms with van der Waals surface area (Å²) in [6.45, 7) is 9.39. The molecule has 22 heavy (non-hydrogen) atoms. The summed E-state index contributed by atoms with van der Waals surface area (Å²) in [7, 11) is 1.64. The van der Waals surface area contributed by atoms with Gasteiger partial charge in [0, 0.05) is 6.92 Å². The lowest BCUT2D eigenvalue weighted by atomic mass is 10.1. The molecule has 0 saturated heterocycles. The second-order valence-electron chi connectivity index (χ2n) is 3.85. The maximum atomic E-state index is 10.8. The number of benzene rings is 2. The zero-order valence-corrected chi connectivity index (χ0v) is 14.3. The van der Waals surface area contributed by atoms with Crippen molar-refractivity contribution < 1.29 is 14.3 Å². The predicted molar refractivity (Wildman–Crippen MR) is 92.4 cm³/mol. The van der Waals surface area contributed by atoms with Crippen molar-refractivity contribution in [1.29, 1.82) is 0 Å². The van der Waals surface area contributed by atoms with Gasteiger partial charge < -0.3 is 9.47 Å². The van der Waals surface area contributed by atoms with Gasteiger partial charge in [-0.3, -0.25) is 4.79 Å². The summed E-state index contributed by atoms with van der Waals surface area (Å²) in [6, 6.07) is 15.2. The molecule has 0 fully saturated rings. The van der Waals surface area contributed by atoms with Gasteiger partial charge in [0.25, 0.3) is 0 Å². The Hall–Kier alpha value is -2.29. The minimum absolute atomic E-state index is 0.313. The third-order valence-corrected chi connectivity index (χ3v) is 2.54. The molecular formula is C19H26O3. The van der Waals surface area contributed by atoms with Crippen LogP contribution in [-0.4, -0.2) is 13.1 Å². The summed E-state index contributed by atoms with van der Waals surface area (Å²) in [5.41, 5.74) is 2.15. The second-order valence-corrected chi connectivity index (χ2v) is 3.85. The summed E-state index contributed by atoms with van der Waals surface area (Å²) in [4.78, 5) is 10.8. The van der Waals surface area contributed by atoms with Crippen molar-refractivity contribution in [1.82, 2.24) is 0 Å². The SMILES string of the molecule is CC.CC.COc1ccc(-c2ccc(OC(C)=O)cc2)cc1. The molecule has 120 valence electrons. The number of carbonyl (C=O) groups is 1.